The zero-order valence-electron chi connectivity index (χ0n) is 11.2. The maximum Gasteiger partial charge on any atom is 0.387 e. The van der Waals surface area contributed by atoms with E-state index < -0.39 is 6.61 Å². The van der Waals surface area contributed by atoms with E-state index in [1.54, 1.807) is 18.2 Å². The van der Waals surface area contributed by atoms with E-state index in [0.717, 1.165) is 11.3 Å². The van der Waals surface area contributed by atoms with Crippen molar-refractivity contribution in [2.24, 2.45) is 0 Å². The van der Waals surface area contributed by atoms with Gasteiger partial charge in [-0.3, -0.25) is 0 Å². The Kier molecular flexibility index (Phi) is 4.12. The molecule has 0 amide bonds. The first kappa shape index (κ1) is 14.2. The molecular formula is C14H15F2N3O. The van der Waals surface area contributed by atoms with E-state index in [4.69, 9.17) is 5.73 Å². The van der Waals surface area contributed by atoms with Gasteiger partial charge in [-0.2, -0.15) is 8.78 Å². The van der Waals surface area contributed by atoms with Gasteiger partial charge in [0.25, 0.3) is 0 Å². The van der Waals surface area contributed by atoms with Crippen molar-refractivity contribution in [3.05, 3.63) is 35.5 Å². The van der Waals surface area contributed by atoms with Crippen LogP contribution in [0.3, 0.4) is 0 Å². The van der Waals surface area contributed by atoms with Crippen LogP contribution in [0.25, 0.3) is 11.4 Å². The summed E-state index contributed by atoms with van der Waals surface area (Å²) in [5.41, 5.74) is 7.87. The van der Waals surface area contributed by atoms with Gasteiger partial charge < -0.3 is 10.5 Å². The smallest absolute Gasteiger partial charge is 0.387 e. The molecule has 0 spiro atoms. The molecule has 106 valence electrons. The zero-order chi connectivity index (χ0) is 14.7. The van der Waals surface area contributed by atoms with Gasteiger partial charge in [0.1, 0.15) is 11.6 Å². The Morgan fingerprint density at radius 1 is 1.25 bits per heavy atom. The third kappa shape index (κ3) is 2.84. The number of benzene rings is 1. The summed E-state index contributed by atoms with van der Waals surface area (Å²) < 4.78 is 29.3. The lowest BCUT2D eigenvalue weighted by Crippen LogP contribution is -2.07. The van der Waals surface area contributed by atoms with Gasteiger partial charge in [-0.1, -0.05) is 19.1 Å². The van der Waals surface area contributed by atoms with E-state index in [9.17, 15) is 8.78 Å². The molecule has 0 unspecified atom stereocenters. The van der Waals surface area contributed by atoms with E-state index >= 15 is 0 Å². The van der Waals surface area contributed by atoms with Gasteiger partial charge in [0.15, 0.2) is 5.82 Å². The summed E-state index contributed by atoms with van der Waals surface area (Å²) in [5.74, 6) is 0.681. The minimum absolute atomic E-state index is 0.0329. The van der Waals surface area contributed by atoms with Crippen LogP contribution in [0.5, 0.6) is 5.75 Å². The first-order valence-corrected chi connectivity index (χ1v) is 6.20. The Morgan fingerprint density at radius 2 is 1.95 bits per heavy atom. The van der Waals surface area contributed by atoms with Gasteiger partial charge in [0.2, 0.25) is 0 Å². The third-order valence-corrected chi connectivity index (χ3v) is 2.94. The SMILES string of the molecule is CCc1c(C)nc(-c2ccccc2OC(F)F)nc1N. The van der Waals surface area contributed by atoms with Crippen molar-refractivity contribution in [1.82, 2.24) is 9.97 Å². The van der Waals surface area contributed by atoms with E-state index in [2.05, 4.69) is 14.7 Å². The number of aryl methyl sites for hydroxylation is 1. The molecule has 0 saturated carbocycles. The lowest BCUT2D eigenvalue weighted by Gasteiger charge is -2.12. The van der Waals surface area contributed by atoms with Crippen LogP contribution in [0.4, 0.5) is 14.6 Å². The van der Waals surface area contributed by atoms with Gasteiger partial charge in [-0.25, -0.2) is 9.97 Å². The summed E-state index contributed by atoms with van der Waals surface area (Å²) in [6.07, 6.45) is 0.715. The second-order valence-electron chi connectivity index (χ2n) is 4.22. The average Bonchev–Trinajstić information content (AvgIpc) is 2.38. The van der Waals surface area contributed by atoms with Crippen molar-refractivity contribution >= 4 is 5.82 Å². The Morgan fingerprint density at radius 3 is 2.55 bits per heavy atom. The molecule has 0 bridgehead atoms. The summed E-state index contributed by atoms with van der Waals surface area (Å²) in [4.78, 5) is 8.51. The van der Waals surface area contributed by atoms with Crippen molar-refractivity contribution in [3.63, 3.8) is 0 Å². The van der Waals surface area contributed by atoms with Crippen molar-refractivity contribution < 1.29 is 13.5 Å². The van der Waals surface area contributed by atoms with Gasteiger partial charge in [0.05, 0.1) is 5.56 Å². The van der Waals surface area contributed by atoms with Gasteiger partial charge in [-0.15, -0.1) is 0 Å². The molecule has 0 aliphatic rings. The molecule has 20 heavy (non-hydrogen) atoms. The summed E-state index contributed by atoms with van der Waals surface area (Å²) in [6.45, 7) is 0.872. The Balaban J connectivity index is 2.52. The molecule has 0 aliphatic carbocycles. The van der Waals surface area contributed by atoms with E-state index in [-0.39, 0.29) is 11.6 Å². The molecule has 2 N–H and O–H groups in total. The number of nitrogens with zero attached hydrogens (tertiary/aromatic N) is 2. The highest BCUT2D eigenvalue weighted by molar-refractivity contribution is 5.66. The van der Waals surface area contributed by atoms with Crippen LogP contribution in [-0.4, -0.2) is 16.6 Å². The minimum Gasteiger partial charge on any atom is -0.434 e. The van der Waals surface area contributed by atoms with Crippen LogP contribution in [0.15, 0.2) is 24.3 Å². The van der Waals surface area contributed by atoms with Crippen LogP contribution in [0.1, 0.15) is 18.2 Å². The van der Waals surface area contributed by atoms with Crippen molar-refractivity contribution in [2.45, 2.75) is 26.9 Å². The first-order chi connectivity index (χ1) is 9.52. The molecule has 0 atom stereocenters. The molecule has 2 rings (SSSR count). The number of rotatable bonds is 4. The Labute approximate surface area is 115 Å². The monoisotopic (exact) mass is 279 g/mol. The van der Waals surface area contributed by atoms with Crippen LogP contribution in [0.2, 0.25) is 0 Å². The number of hydrogen-bond donors (Lipinski definition) is 1. The molecular weight excluding hydrogens is 264 g/mol. The molecule has 0 aliphatic heterocycles. The van der Waals surface area contributed by atoms with E-state index in [1.807, 2.05) is 13.8 Å². The van der Waals surface area contributed by atoms with Gasteiger partial charge >= 0.3 is 6.61 Å². The molecule has 1 heterocycles. The predicted octanol–water partition coefficient (Wildman–Crippen LogP) is 3.20. The Hall–Kier alpha value is -2.24. The molecule has 0 saturated heterocycles. The van der Waals surface area contributed by atoms with E-state index in [1.165, 1.54) is 6.07 Å². The molecule has 4 nitrogen and oxygen atoms in total. The number of anilines is 1. The fourth-order valence-electron chi connectivity index (χ4n) is 2.03. The van der Waals surface area contributed by atoms with Gasteiger partial charge in [-0.05, 0) is 25.5 Å². The number of halogens is 2. The quantitative estimate of drug-likeness (QED) is 0.933. The maximum absolute atomic E-state index is 12.4. The van der Waals surface area contributed by atoms with Crippen molar-refractivity contribution in [2.75, 3.05) is 5.73 Å². The molecule has 2 aromatic rings. The zero-order valence-corrected chi connectivity index (χ0v) is 11.2. The second kappa shape index (κ2) is 5.81. The summed E-state index contributed by atoms with van der Waals surface area (Å²) in [7, 11) is 0. The lowest BCUT2D eigenvalue weighted by atomic mass is 10.1. The second-order valence-corrected chi connectivity index (χ2v) is 4.22. The summed E-state index contributed by atoms with van der Waals surface area (Å²) in [6, 6.07) is 6.38. The molecule has 0 fully saturated rings. The number of hydrogen-bond acceptors (Lipinski definition) is 4. The maximum atomic E-state index is 12.4. The first-order valence-electron chi connectivity index (χ1n) is 6.20. The number of alkyl halides is 2. The van der Waals surface area contributed by atoms with Crippen LogP contribution in [0, 0.1) is 6.92 Å². The Bertz CT molecular complexity index is 594. The average molecular weight is 279 g/mol. The fraction of sp³-hybridized carbons (Fsp3) is 0.286. The van der Waals surface area contributed by atoms with Crippen molar-refractivity contribution in [3.8, 4) is 17.1 Å². The summed E-state index contributed by atoms with van der Waals surface area (Å²) in [5, 5.41) is 0. The van der Waals surface area contributed by atoms with Crippen LogP contribution >= 0.6 is 0 Å². The number of nitrogens with two attached hydrogens (primary N) is 1. The summed E-state index contributed by atoms with van der Waals surface area (Å²) >= 11 is 0. The number of aromatic nitrogens is 2. The molecule has 0 radical (unpaired) electrons. The fourth-order valence-corrected chi connectivity index (χ4v) is 2.03. The standard InChI is InChI=1S/C14H15F2N3O/c1-3-9-8(2)18-13(19-12(9)17)10-6-4-5-7-11(10)20-14(15)16/h4-7,14H,3H2,1-2H3,(H2,17,18,19). The highest BCUT2D eigenvalue weighted by atomic mass is 19.3. The van der Waals surface area contributed by atoms with E-state index in [0.29, 0.717) is 17.8 Å². The lowest BCUT2D eigenvalue weighted by molar-refractivity contribution is -0.0494. The van der Waals surface area contributed by atoms with Crippen molar-refractivity contribution in [1.29, 1.82) is 0 Å². The molecule has 6 heteroatoms. The minimum atomic E-state index is -2.90. The number of para-hydroxylation sites is 1. The highest BCUT2D eigenvalue weighted by Gasteiger charge is 2.15. The van der Waals surface area contributed by atoms with Gasteiger partial charge in [0, 0.05) is 11.3 Å². The largest absolute Gasteiger partial charge is 0.434 e. The molecule has 1 aromatic heterocycles. The predicted molar refractivity (Wildman–Crippen MR) is 72.6 cm³/mol. The van der Waals surface area contributed by atoms with Crippen LogP contribution in [-0.2, 0) is 6.42 Å². The number of ether oxygens (including phenoxy) is 1. The van der Waals surface area contributed by atoms with Crippen LogP contribution < -0.4 is 10.5 Å². The normalized spacial score (nSPS) is 10.8. The molecule has 1 aromatic carbocycles. The third-order valence-electron chi connectivity index (χ3n) is 2.94. The number of nitrogen functional groups attached to an aromatic ring is 1. The highest BCUT2D eigenvalue weighted by Crippen LogP contribution is 2.30. The topological polar surface area (TPSA) is 61.0 Å².